The van der Waals surface area contributed by atoms with Gasteiger partial charge in [-0.3, -0.25) is 14.0 Å². The van der Waals surface area contributed by atoms with E-state index >= 15 is 0 Å². The monoisotopic (exact) mass is 444 g/mol. The third-order valence-electron chi connectivity index (χ3n) is 5.08. The number of thioether (sulfide) groups is 1. The Balaban J connectivity index is 1.73. The van der Waals surface area contributed by atoms with Gasteiger partial charge in [0.1, 0.15) is 5.56 Å². The lowest BCUT2D eigenvalue weighted by Gasteiger charge is -2.13. The second kappa shape index (κ2) is 8.65. The molecule has 0 fully saturated rings. The number of allylic oxidation sites excluding steroid dienone is 1. The molecule has 2 aromatic heterocycles. The molecule has 0 spiro atoms. The molecule has 3 heterocycles. The van der Waals surface area contributed by atoms with Crippen molar-refractivity contribution in [2.75, 3.05) is 7.11 Å². The van der Waals surface area contributed by atoms with E-state index in [1.165, 1.54) is 18.9 Å². The van der Waals surface area contributed by atoms with Gasteiger partial charge in [-0.2, -0.15) is 5.10 Å². The van der Waals surface area contributed by atoms with Crippen LogP contribution in [0.3, 0.4) is 0 Å². The molecule has 30 heavy (non-hydrogen) atoms. The van der Waals surface area contributed by atoms with Crippen LogP contribution < -0.4 is 5.56 Å². The Hall–Kier alpha value is -2.58. The fourth-order valence-electron chi connectivity index (χ4n) is 3.69. The first-order valence-corrected chi connectivity index (χ1v) is 11.0. The number of fused-ring (bicyclic) bond motifs is 2. The predicted molar refractivity (Wildman–Crippen MR) is 117 cm³/mol. The smallest absolute Gasteiger partial charge is 0.341 e. The summed E-state index contributed by atoms with van der Waals surface area (Å²) in [6.45, 7) is 4.86. The number of carbonyl (C=O) groups excluding carboxylic acids is 1. The Morgan fingerprint density at radius 2 is 2.23 bits per heavy atom. The van der Waals surface area contributed by atoms with Gasteiger partial charge in [-0.1, -0.05) is 29.4 Å². The molecule has 0 N–H and O–H groups in total. The summed E-state index contributed by atoms with van der Waals surface area (Å²) in [4.78, 5) is 30.1. The van der Waals surface area contributed by atoms with Crippen molar-refractivity contribution < 1.29 is 9.53 Å². The molecule has 0 atom stereocenters. The first-order valence-electron chi connectivity index (χ1n) is 9.64. The fraction of sp³-hybridized carbons (Fsp3) is 0.333. The second-order valence-electron chi connectivity index (χ2n) is 6.99. The normalized spacial score (nSPS) is 13.3. The van der Waals surface area contributed by atoms with Gasteiger partial charge in [0.05, 0.1) is 29.4 Å². The van der Waals surface area contributed by atoms with Gasteiger partial charge in [-0.15, -0.1) is 6.58 Å². The maximum Gasteiger partial charge on any atom is 0.341 e. The summed E-state index contributed by atoms with van der Waals surface area (Å²) in [7, 11) is 1.38. The van der Waals surface area contributed by atoms with Crippen LogP contribution in [0.15, 0.2) is 40.8 Å². The van der Waals surface area contributed by atoms with Crippen LogP contribution >= 0.6 is 23.4 Å². The summed E-state index contributed by atoms with van der Waals surface area (Å²) in [5.41, 5.74) is 2.51. The third-order valence-corrected chi connectivity index (χ3v) is 6.31. The summed E-state index contributed by atoms with van der Waals surface area (Å²) in [6.07, 6.45) is 4.52. The molecule has 0 aliphatic carbocycles. The molecule has 1 aromatic carbocycles. The molecule has 0 bridgehead atoms. The molecule has 0 radical (unpaired) electrons. The molecule has 0 unspecified atom stereocenters. The van der Waals surface area contributed by atoms with Crippen LogP contribution in [0.25, 0.3) is 10.9 Å². The van der Waals surface area contributed by atoms with Crippen molar-refractivity contribution in [3.05, 3.63) is 63.2 Å². The molecule has 0 saturated carbocycles. The summed E-state index contributed by atoms with van der Waals surface area (Å²) in [5.74, 6) is 0.0194. The van der Waals surface area contributed by atoms with Crippen LogP contribution in [-0.4, -0.2) is 32.4 Å². The molecule has 1 aliphatic rings. The van der Waals surface area contributed by atoms with Crippen molar-refractivity contribution >= 4 is 40.2 Å². The molecule has 1 aliphatic heterocycles. The van der Waals surface area contributed by atoms with Crippen molar-refractivity contribution in [3.8, 4) is 0 Å². The largest absolute Gasteiger partial charge is 0.465 e. The number of hydrogen-bond donors (Lipinski definition) is 0. The minimum atomic E-state index is -0.377. The Morgan fingerprint density at radius 1 is 1.40 bits per heavy atom. The van der Waals surface area contributed by atoms with E-state index in [2.05, 4.69) is 16.7 Å². The van der Waals surface area contributed by atoms with Crippen molar-refractivity contribution in [3.63, 3.8) is 0 Å². The number of aryl methyl sites for hydroxylation is 1. The SMILES string of the molecule is C=CCn1c(SCc2nn3c(c2C(=O)OC)CCCC3)nc2ccc(Cl)cc2c1=O. The first kappa shape index (κ1) is 20.7. The lowest BCUT2D eigenvalue weighted by molar-refractivity contribution is 0.0598. The van der Waals surface area contributed by atoms with E-state index in [-0.39, 0.29) is 11.5 Å². The Bertz CT molecular complexity index is 1200. The maximum atomic E-state index is 13.0. The van der Waals surface area contributed by atoms with Gasteiger partial charge in [0.15, 0.2) is 5.16 Å². The molecular weight excluding hydrogens is 424 g/mol. The number of benzene rings is 1. The zero-order valence-corrected chi connectivity index (χ0v) is 18.1. The average molecular weight is 445 g/mol. The van der Waals surface area contributed by atoms with E-state index in [9.17, 15) is 9.59 Å². The predicted octanol–water partition coefficient (Wildman–Crippen LogP) is 3.85. The van der Waals surface area contributed by atoms with Crippen LogP contribution in [0.2, 0.25) is 5.02 Å². The van der Waals surface area contributed by atoms with Gasteiger partial charge >= 0.3 is 5.97 Å². The second-order valence-corrected chi connectivity index (χ2v) is 8.37. The minimum Gasteiger partial charge on any atom is -0.465 e. The average Bonchev–Trinajstić information content (AvgIpc) is 3.13. The van der Waals surface area contributed by atoms with Crippen molar-refractivity contribution in [1.29, 1.82) is 0 Å². The molecular formula is C21H21ClN4O3S. The van der Waals surface area contributed by atoms with Gasteiger partial charge in [-0.05, 0) is 37.5 Å². The number of ether oxygens (including phenoxy) is 1. The molecule has 0 amide bonds. The highest BCUT2D eigenvalue weighted by atomic mass is 35.5. The van der Waals surface area contributed by atoms with Crippen molar-refractivity contribution in [1.82, 2.24) is 19.3 Å². The standard InChI is InChI=1S/C21H21ClN4O3S/c1-3-9-25-19(27)14-11-13(22)7-8-15(14)23-21(25)30-12-16-18(20(28)29-2)17-6-4-5-10-26(17)24-16/h3,7-8,11H,1,4-6,9-10,12H2,2H3. The molecule has 156 valence electrons. The molecule has 9 heteroatoms. The fourth-order valence-corrected chi connectivity index (χ4v) is 4.81. The Labute approximate surface area is 182 Å². The highest BCUT2D eigenvalue weighted by Gasteiger charge is 2.26. The Kier molecular flexibility index (Phi) is 5.97. The Morgan fingerprint density at radius 3 is 3.00 bits per heavy atom. The van der Waals surface area contributed by atoms with Gasteiger partial charge in [0, 0.05) is 23.9 Å². The number of halogens is 1. The van der Waals surface area contributed by atoms with E-state index in [4.69, 9.17) is 16.3 Å². The molecule has 4 rings (SSSR count). The minimum absolute atomic E-state index is 0.178. The van der Waals surface area contributed by atoms with E-state index in [0.29, 0.717) is 44.6 Å². The number of carbonyl (C=O) groups is 1. The van der Waals surface area contributed by atoms with Crippen LogP contribution in [0, 0.1) is 0 Å². The number of hydrogen-bond acceptors (Lipinski definition) is 6. The zero-order chi connectivity index (χ0) is 21.3. The van der Waals surface area contributed by atoms with E-state index in [1.54, 1.807) is 28.8 Å². The van der Waals surface area contributed by atoms with Crippen LogP contribution in [0.5, 0.6) is 0 Å². The van der Waals surface area contributed by atoms with Crippen LogP contribution in [0.4, 0.5) is 0 Å². The first-order chi connectivity index (χ1) is 14.5. The van der Waals surface area contributed by atoms with Gasteiger partial charge in [0.25, 0.3) is 5.56 Å². The highest BCUT2D eigenvalue weighted by Crippen LogP contribution is 2.28. The van der Waals surface area contributed by atoms with Crippen LogP contribution in [0.1, 0.15) is 34.6 Å². The van der Waals surface area contributed by atoms with E-state index in [1.807, 2.05) is 4.68 Å². The molecule has 0 saturated heterocycles. The lowest BCUT2D eigenvalue weighted by atomic mass is 10.1. The number of rotatable bonds is 6. The third kappa shape index (κ3) is 3.77. The number of methoxy groups -OCH3 is 1. The number of nitrogens with zero attached hydrogens (tertiary/aromatic N) is 4. The summed E-state index contributed by atoms with van der Waals surface area (Å²) in [6, 6.07) is 5.07. The van der Waals surface area contributed by atoms with Crippen molar-refractivity contribution in [2.24, 2.45) is 0 Å². The van der Waals surface area contributed by atoms with Gasteiger partial charge in [-0.25, -0.2) is 9.78 Å². The van der Waals surface area contributed by atoms with E-state index in [0.717, 1.165) is 31.5 Å². The van der Waals surface area contributed by atoms with Crippen LogP contribution in [-0.2, 0) is 30.0 Å². The highest BCUT2D eigenvalue weighted by molar-refractivity contribution is 7.98. The lowest BCUT2D eigenvalue weighted by Crippen LogP contribution is -2.22. The summed E-state index contributed by atoms with van der Waals surface area (Å²) in [5, 5.41) is 6.13. The number of aromatic nitrogens is 4. The summed E-state index contributed by atoms with van der Waals surface area (Å²) >= 11 is 7.42. The van der Waals surface area contributed by atoms with Gasteiger partial charge in [0.2, 0.25) is 0 Å². The maximum absolute atomic E-state index is 13.0. The topological polar surface area (TPSA) is 79.0 Å². The molecule has 3 aromatic rings. The van der Waals surface area contributed by atoms with Crippen molar-refractivity contribution in [2.45, 2.75) is 43.3 Å². The van der Waals surface area contributed by atoms with Gasteiger partial charge < -0.3 is 4.74 Å². The van der Waals surface area contributed by atoms with E-state index < -0.39 is 0 Å². The number of esters is 1. The quantitative estimate of drug-likeness (QED) is 0.249. The zero-order valence-electron chi connectivity index (χ0n) is 16.6. The molecule has 7 nitrogen and oxygen atoms in total. The summed E-state index contributed by atoms with van der Waals surface area (Å²) < 4.78 is 8.47.